The zero-order chi connectivity index (χ0) is 9.42. The molecular weight excluding hydrogens is 202 g/mol. The average molecular weight is 208 g/mol. The standard InChI is InChI=1S/C10H6ClNS/c1-6-3-2-4-7-9(11)8(5-12)13-10(6)7/h2-4H,1H3. The van der Waals surface area contributed by atoms with Crippen LogP contribution in [0.3, 0.4) is 0 Å². The Kier molecular flexibility index (Phi) is 1.99. The maximum atomic E-state index is 8.79. The van der Waals surface area contributed by atoms with E-state index in [0.29, 0.717) is 9.90 Å². The van der Waals surface area contributed by atoms with Crippen molar-refractivity contribution >= 4 is 33.0 Å². The van der Waals surface area contributed by atoms with Crippen LogP contribution in [0.2, 0.25) is 5.02 Å². The van der Waals surface area contributed by atoms with Crippen LogP contribution in [0.4, 0.5) is 0 Å². The molecule has 0 radical (unpaired) electrons. The summed E-state index contributed by atoms with van der Waals surface area (Å²) in [7, 11) is 0. The van der Waals surface area contributed by atoms with Crippen molar-refractivity contribution in [1.29, 1.82) is 5.26 Å². The zero-order valence-corrected chi connectivity index (χ0v) is 8.54. The molecule has 0 bridgehead atoms. The van der Waals surface area contributed by atoms with E-state index in [9.17, 15) is 0 Å². The number of thiophene rings is 1. The fraction of sp³-hybridized carbons (Fsp3) is 0.100. The van der Waals surface area contributed by atoms with Gasteiger partial charge in [-0.3, -0.25) is 0 Å². The molecule has 1 heterocycles. The number of nitrogens with zero attached hydrogens (tertiary/aromatic N) is 1. The molecule has 1 nitrogen and oxygen atoms in total. The van der Waals surface area contributed by atoms with Crippen molar-refractivity contribution in [2.24, 2.45) is 0 Å². The predicted octanol–water partition coefficient (Wildman–Crippen LogP) is 3.73. The summed E-state index contributed by atoms with van der Waals surface area (Å²) < 4.78 is 1.11. The second-order valence-electron chi connectivity index (χ2n) is 2.81. The molecule has 2 aromatic rings. The van der Waals surface area contributed by atoms with Gasteiger partial charge in [-0.25, -0.2) is 0 Å². The van der Waals surface area contributed by atoms with Crippen molar-refractivity contribution in [1.82, 2.24) is 0 Å². The lowest BCUT2D eigenvalue weighted by Crippen LogP contribution is -1.69. The molecule has 0 saturated heterocycles. The first kappa shape index (κ1) is 8.55. The van der Waals surface area contributed by atoms with Crippen molar-refractivity contribution in [3.63, 3.8) is 0 Å². The second-order valence-corrected chi connectivity index (χ2v) is 4.21. The van der Waals surface area contributed by atoms with Crippen LogP contribution in [0.25, 0.3) is 10.1 Å². The molecule has 3 heteroatoms. The molecule has 2 rings (SSSR count). The lowest BCUT2D eigenvalue weighted by Gasteiger charge is -1.92. The highest BCUT2D eigenvalue weighted by Gasteiger charge is 2.10. The van der Waals surface area contributed by atoms with E-state index in [4.69, 9.17) is 16.9 Å². The van der Waals surface area contributed by atoms with Gasteiger partial charge in [0, 0.05) is 10.1 Å². The Morgan fingerprint density at radius 2 is 2.23 bits per heavy atom. The van der Waals surface area contributed by atoms with Gasteiger partial charge in [0.2, 0.25) is 0 Å². The van der Waals surface area contributed by atoms with Gasteiger partial charge < -0.3 is 0 Å². The Morgan fingerprint density at radius 1 is 1.46 bits per heavy atom. The number of benzene rings is 1. The highest BCUT2D eigenvalue weighted by Crippen LogP contribution is 2.36. The maximum absolute atomic E-state index is 8.79. The van der Waals surface area contributed by atoms with Crippen LogP contribution < -0.4 is 0 Å². The van der Waals surface area contributed by atoms with Gasteiger partial charge in [-0.1, -0.05) is 29.8 Å². The maximum Gasteiger partial charge on any atom is 0.124 e. The van der Waals surface area contributed by atoms with Gasteiger partial charge in [0.15, 0.2) is 0 Å². The molecule has 0 saturated carbocycles. The minimum Gasteiger partial charge on any atom is -0.191 e. The van der Waals surface area contributed by atoms with Gasteiger partial charge in [-0.2, -0.15) is 5.26 Å². The molecule has 0 fully saturated rings. The fourth-order valence-corrected chi connectivity index (χ4v) is 2.63. The van der Waals surface area contributed by atoms with E-state index in [1.165, 1.54) is 16.9 Å². The molecule has 0 spiro atoms. The number of halogens is 1. The lowest BCUT2D eigenvalue weighted by atomic mass is 10.2. The van der Waals surface area contributed by atoms with E-state index in [2.05, 4.69) is 6.07 Å². The predicted molar refractivity (Wildman–Crippen MR) is 56.3 cm³/mol. The normalized spacial score (nSPS) is 10.2. The number of hydrogen-bond acceptors (Lipinski definition) is 2. The number of nitriles is 1. The molecule has 64 valence electrons. The van der Waals surface area contributed by atoms with E-state index in [-0.39, 0.29) is 0 Å². The number of aryl methyl sites for hydroxylation is 1. The quantitative estimate of drug-likeness (QED) is 0.646. The lowest BCUT2D eigenvalue weighted by molar-refractivity contribution is 1.52. The minimum absolute atomic E-state index is 0.589. The van der Waals surface area contributed by atoms with Gasteiger partial charge in [0.1, 0.15) is 10.9 Å². The summed E-state index contributed by atoms with van der Waals surface area (Å²) in [6, 6.07) is 8.02. The van der Waals surface area contributed by atoms with Crippen molar-refractivity contribution in [2.75, 3.05) is 0 Å². The van der Waals surface area contributed by atoms with Gasteiger partial charge in [-0.15, -0.1) is 11.3 Å². The van der Waals surface area contributed by atoms with Gasteiger partial charge in [0.05, 0.1) is 5.02 Å². The Labute approximate surface area is 85.2 Å². The highest BCUT2D eigenvalue weighted by atomic mass is 35.5. The van der Waals surface area contributed by atoms with Crippen LogP contribution in [0.5, 0.6) is 0 Å². The third-order valence-electron chi connectivity index (χ3n) is 1.95. The van der Waals surface area contributed by atoms with E-state index in [1.807, 2.05) is 25.1 Å². The number of rotatable bonds is 0. The first-order chi connectivity index (χ1) is 6.24. The van der Waals surface area contributed by atoms with Gasteiger partial charge in [0.25, 0.3) is 0 Å². The zero-order valence-electron chi connectivity index (χ0n) is 6.97. The van der Waals surface area contributed by atoms with Crippen LogP contribution in [-0.2, 0) is 0 Å². The molecule has 0 aliphatic rings. The smallest absolute Gasteiger partial charge is 0.124 e. The van der Waals surface area contributed by atoms with Gasteiger partial charge >= 0.3 is 0 Å². The summed E-state index contributed by atoms with van der Waals surface area (Å²) in [5.41, 5.74) is 1.17. The van der Waals surface area contributed by atoms with Crippen molar-refractivity contribution in [2.45, 2.75) is 6.92 Å². The number of fused-ring (bicyclic) bond motifs is 1. The monoisotopic (exact) mass is 207 g/mol. The Morgan fingerprint density at radius 3 is 2.85 bits per heavy atom. The molecule has 0 amide bonds. The molecule has 13 heavy (non-hydrogen) atoms. The molecule has 0 atom stereocenters. The van der Waals surface area contributed by atoms with E-state index < -0.39 is 0 Å². The van der Waals surface area contributed by atoms with Crippen LogP contribution in [0, 0.1) is 18.3 Å². The average Bonchev–Trinajstić information content (AvgIpc) is 2.45. The fourth-order valence-electron chi connectivity index (χ4n) is 1.30. The topological polar surface area (TPSA) is 23.8 Å². The van der Waals surface area contributed by atoms with Crippen LogP contribution in [0.1, 0.15) is 10.4 Å². The first-order valence-electron chi connectivity index (χ1n) is 3.81. The summed E-state index contributed by atoms with van der Waals surface area (Å²) in [5.74, 6) is 0. The molecule has 0 unspecified atom stereocenters. The van der Waals surface area contributed by atoms with Crippen LogP contribution in [0.15, 0.2) is 18.2 Å². The Bertz CT molecular complexity index is 507. The van der Waals surface area contributed by atoms with Crippen molar-refractivity contribution in [3.8, 4) is 6.07 Å². The summed E-state index contributed by atoms with van der Waals surface area (Å²) in [5, 5.41) is 10.4. The van der Waals surface area contributed by atoms with Crippen LogP contribution in [-0.4, -0.2) is 0 Å². The third-order valence-corrected chi connectivity index (χ3v) is 3.70. The molecule has 0 aliphatic heterocycles. The Hall–Kier alpha value is -1.04. The SMILES string of the molecule is Cc1cccc2c(Cl)c(C#N)sc12. The molecule has 0 aliphatic carbocycles. The minimum atomic E-state index is 0.589. The van der Waals surface area contributed by atoms with Crippen LogP contribution >= 0.6 is 22.9 Å². The van der Waals surface area contributed by atoms with E-state index in [1.54, 1.807) is 0 Å². The first-order valence-corrected chi connectivity index (χ1v) is 5.01. The third kappa shape index (κ3) is 1.21. The Balaban J connectivity index is 2.94. The molecule has 0 N–H and O–H groups in total. The van der Waals surface area contributed by atoms with E-state index >= 15 is 0 Å². The molecule has 1 aromatic carbocycles. The highest BCUT2D eigenvalue weighted by molar-refractivity contribution is 7.20. The summed E-state index contributed by atoms with van der Waals surface area (Å²) in [6.07, 6.45) is 0. The van der Waals surface area contributed by atoms with Crippen molar-refractivity contribution < 1.29 is 0 Å². The number of hydrogen-bond donors (Lipinski definition) is 0. The summed E-state index contributed by atoms with van der Waals surface area (Å²) in [4.78, 5) is 0.603. The molecule has 1 aromatic heterocycles. The second kappa shape index (κ2) is 3.02. The van der Waals surface area contributed by atoms with E-state index in [0.717, 1.165) is 10.1 Å². The summed E-state index contributed by atoms with van der Waals surface area (Å²) >= 11 is 7.47. The summed E-state index contributed by atoms with van der Waals surface area (Å²) in [6.45, 7) is 2.02. The van der Waals surface area contributed by atoms with Gasteiger partial charge in [-0.05, 0) is 12.5 Å². The molecular formula is C10H6ClNS. The van der Waals surface area contributed by atoms with Crippen molar-refractivity contribution in [3.05, 3.63) is 33.7 Å². The largest absolute Gasteiger partial charge is 0.191 e.